The number of ether oxygens (including phenoxy) is 2. The van der Waals surface area contributed by atoms with Gasteiger partial charge in [-0.15, -0.1) is 0 Å². The molecular weight excluding hydrogens is 198 g/mol. The smallest absolute Gasteiger partial charge is 0.214 e. The minimum absolute atomic E-state index is 0.218. The third-order valence-corrected chi connectivity index (χ3v) is 2.12. The zero-order valence-electron chi connectivity index (χ0n) is 7.64. The summed E-state index contributed by atoms with van der Waals surface area (Å²) in [7, 11) is 0. The molecule has 0 amide bonds. The molecule has 2 heterocycles. The highest BCUT2D eigenvalue weighted by Crippen LogP contribution is 2.38. The van der Waals surface area contributed by atoms with Gasteiger partial charge in [-0.05, 0) is 12.1 Å². The second-order valence-corrected chi connectivity index (χ2v) is 3.06. The number of aliphatic hydroxyl groups is 1. The largest absolute Gasteiger partial charge is 0.457 e. The van der Waals surface area contributed by atoms with Crippen LogP contribution in [0.15, 0.2) is 35.0 Å². The number of hydrogen-bond acceptors (Lipinski definition) is 5. The molecule has 0 bridgehead atoms. The van der Waals surface area contributed by atoms with E-state index in [2.05, 4.69) is 4.98 Å². The van der Waals surface area contributed by atoms with Gasteiger partial charge in [0.25, 0.3) is 0 Å². The highest BCUT2D eigenvalue weighted by molar-refractivity contribution is 5.82. The van der Waals surface area contributed by atoms with Gasteiger partial charge in [0.2, 0.25) is 11.3 Å². The fraction of sp³-hybridized carbons (Fsp3) is 0.100. The zero-order valence-corrected chi connectivity index (χ0v) is 7.64. The predicted octanol–water partition coefficient (Wildman–Crippen LogP) is 1.43. The quantitative estimate of drug-likeness (QED) is 0.762. The second-order valence-electron chi connectivity index (χ2n) is 3.06. The number of oxazole rings is 1. The Kier molecular flexibility index (Phi) is 1.66. The average molecular weight is 205 g/mol. The van der Waals surface area contributed by atoms with Crippen molar-refractivity contribution < 1.29 is 19.0 Å². The Balaban J connectivity index is 2.19. The summed E-state index contributed by atoms with van der Waals surface area (Å²) in [6.07, 6.45) is 2.70. The molecule has 3 rings (SSSR count). The van der Waals surface area contributed by atoms with Crippen molar-refractivity contribution in [3.05, 3.63) is 30.5 Å². The van der Waals surface area contributed by atoms with Crippen molar-refractivity contribution in [1.29, 1.82) is 0 Å². The molecule has 0 saturated heterocycles. The molecule has 5 heteroatoms. The normalized spacial score (nSPS) is 14.1. The van der Waals surface area contributed by atoms with E-state index in [-0.39, 0.29) is 6.61 Å². The van der Waals surface area contributed by atoms with Crippen molar-refractivity contribution in [3.8, 4) is 11.5 Å². The van der Waals surface area contributed by atoms with Crippen molar-refractivity contribution in [2.75, 3.05) is 6.61 Å². The SMILES string of the molecule is OCC1=COc2ccc3ncoc3c2O1. The number of nitrogens with zero attached hydrogens (tertiary/aromatic N) is 1. The number of fused-ring (bicyclic) bond motifs is 3. The first kappa shape index (κ1) is 8.31. The van der Waals surface area contributed by atoms with Gasteiger partial charge in [-0.3, -0.25) is 0 Å². The fourth-order valence-electron chi connectivity index (χ4n) is 1.43. The lowest BCUT2D eigenvalue weighted by atomic mass is 10.2. The van der Waals surface area contributed by atoms with Crippen LogP contribution in [-0.2, 0) is 0 Å². The molecule has 0 saturated carbocycles. The first-order valence-electron chi connectivity index (χ1n) is 4.39. The monoisotopic (exact) mass is 205 g/mol. The van der Waals surface area contributed by atoms with Gasteiger partial charge >= 0.3 is 0 Å². The van der Waals surface area contributed by atoms with E-state index in [1.807, 2.05) is 0 Å². The minimum atomic E-state index is -0.218. The third kappa shape index (κ3) is 1.17. The lowest BCUT2D eigenvalue weighted by Gasteiger charge is -2.16. The van der Waals surface area contributed by atoms with E-state index >= 15 is 0 Å². The van der Waals surface area contributed by atoms with Crippen LogP contribution in [0.5, 0.6) is 11.5 Å². The van der Waals surface area contributed by atoms with Crippen LogP contribution in [0.3, 0.4) is 0 Å². The van der Waals surface area contributed by atoms with Crippen molar-refractivity contribution in [2.24, 2.45) is 0 Å². The molecule has 1 aliphatic heterocycles. The van der Waals surface area contributed by atoms with Crippen LogP contribution in [0.4, 0.5) is 0 Å². The van der Waals surface area contributed by atoms with E-state index in [1.54, 1.807) is 12.1 Å². The minimum Gasteiger partial charge on any atom is -0.457 e. The summed E-state index contributed by atoms with van der Waals surface area (Å²) in [6, 6.07) is 3.52. The molecule has 0 radical (unpaired) electrons. The Morgan fingerprint density at radius 2 is 2.27 bits per heavy atom. The van der Waals surface area contributed by atoms with Crippen LogP contribution < -0.4 is 9.47 Å². The number of benzene rings is 1. The Hall–Kier alpha value is -2.01. The molecule has 1 N–H and O–H groups in total. The predicted molar refractivity (Wildman–Crippen MR) is 50.4 cm³/mol. The highest BCUT2D eigenvalue weighted by Gasteiger charge is 2.19. The first-order valence-corrected chi connectivity index (χ1v) is 4.39. The van der Waals surface area contributed by atoms with E-state index in [9.17, 15) is 0 Å². The molecule has 76 valence electrons. The fourth-order valence-corrected chi connectivity index (χ4v) is 1.43. The van der Waals surface area contributed by atoms with Gasteiger partial charge in [0.05, 0.1) is 0 Å². The van der Waals surface area contributed by atoms with Crippen LogP contribution in [-0.4, -0.2) is 16.7 Å². The average Bonchev–Trinajstić information content (AvgIpc) is 2.76. The van der Waals surface area contributed by atoms with Crippen molar-refractivity contribution in [3.63, 3.8) is 0 Å². The molecule has 1 aliphatic rings. The topological polar surface area (TPSA) is 64.7 Å². The van der Waals surface area contributed by atoms with Gasteiger partial charge in [0.1, 0.15) is 18.4 Å². The number of rotatable bonds is 1. The van der Waals surface area contributed by atoms with E-state index < -0.39 is 0 Å². The summed E-state index contributed by atoms with van der Waals surface area (Å²) in [5.74, 6) is 1.35. The molecule has 0 atom stereocenters. The van der Waals surface area contributed by atoms with Gasteiger partial charge in [-0.25, -0.2) is 4.98 Å². The van der Waals surface area contributed by atoms with Crippen LogP contribution >= 0.6 is 0 Å². The summed E-state index contributed by atoms with van der Waals surface area (Å²) >= 11 is 0. The molecular formula is C10H7NO4. The van der Waals surface area contributed by atoms with Gasteiger partial charge in [-0.1, -0.05) is 0 Å². The second kappa shape index (κ2) is 2.99. The standard InChI is InChI=1S/C10H7NO4/c12-3-6-4-13-8-2-1-7-9(10(8)15-6)14-5-11-7/h1-2,4-5,12H,3H2. The first-order chi connectivity index (χ1) is 7.38. The third-order valence-electron chi connectivity index (χ3n) is 2.12. The van der Waals surface area contributed by atoms with E-state index in [4.69, 9.17) is 19.0 Å². The lowest BCUT2D eigenvalue weighted by Crippen LogP contribution is -2.08. The molecule has 5 nitrogen and oxygen atoms in total. The number of hydrogen-bond donors (Lipinski definition) is 1. The molecule has 15 heavy (non-hydrogen) atoms. The van der Waals surface area contributed by atoms with E-state index in [0.29, 0.717) is 28.4 Å². The summed E-state index contributed by atoms with van der Waals surface area (Å²) in [6.45, 7) is -0.218. The van der Waals surface area contributed by atoms with Crippen molar-refractivity contribution >= 4 is 11.1 Å². The maximum absolute atomic E-state index is 8.92. The Labute approximate surface area is 84.5 Å². The van der Waals surface area contributed by atoms with Crippen LogP contribution in [0, 0.1) is 0 Å². The summed E-state index contributed by atoms with van der Waals surface area (Å²) in [4.78, 5) is 3.99. The van der Waals surface area contributed by atoms with Gasteiger partial charge in [-0.2, -0.15) is 0 Å². The Morgan fingerprint density at radius 1 is 1.33 bits per heavy atom. The van der Waals surface area contributed by atoms with Gasteiger partial charge in [0, 0.05) is 0 Å². The summed E-state index contributed by atoms with van der Waals surface area (Å²) in [5, 5.41) is 8.92. The molecule has 2 aromatic rings. The van der Waals surface area contributed by atoms with Crippen LogP contribution in [0.1, 0.15) is 0 Å². The molecule has 1 aromatic heterocycles. The highest BCUT2D eigenvalue weighted by atomic mass is 16.6. The Morgan fingerprint density at radius 3 is 3.13 bits per heavy atom. The van der Waals surface area contributed by atoms with Crippen LogP contribution in [0.2, 0.25) is 0 Å². The molecule has 0 fully saturated rings. The number of aliphatic hydroxyl groups excluding tert-OH is 1. The van der Waals surface area contributed by atoms with Gasteiger partial charge < -0.3 is 19.0 Å². The number of aromatic nitrogens is 1. The van der Waals surface area contributed by atoms with Gasteiger partial charge in [0.15, 0.2) is 17.9 Å². The summed E-state index contributed by atoms with van der Waals surface area (Å²) in [5.41, 5.74) is 1.21. The molecule has 1 aromatic carbocycles. The Bertz CT molecular complexity index is 543. The van der Waals surface area contributed by atoms with E-state index in [0.717, 1.165) is 0 Å². The van der Waals surface area contributed by atoms with Crippen LogP contribution in [0.25, 0.3) is 11.1 Å². The van der Waals surface area contributed by atoms with Crippen molar-refractivity contribution in [2.45, 2.75) is 0 Å². The van der Waals surface area contributed by atoms with E-state index in [1.165, 1.54) is 12.7 Å². The summed E-state index contributed by atoms with van der Waals surface area (Å²) < 4.78 is 15.9. The molecule has 0 aliphatic carbocycles. The maximum Gasteiger partial charge on any atom is 0.214 e. The zero-order chi connectivity index (χ0) is 10.3. The maximum atomic E-state index is 8.92. The molecule has 0 unspecified atom stereocenters. The molecule has 0 spiro atoms. The lowest BCUT2D eigenvalue weighted by molar-refractivity contribution is 0.233. The van der Waals surface area contributed by atoms with Crippen molar-refractivity contribution in [1.82, 2.24) is 4.98 Å².